The average molecular weight is 356 g/mol. The maximum atomic E-state index is 12.2. The van der Waals surface area contributed by atoms with Gasteiger partial charge >= 0.3 is 0 Å². The fourth-order valence-electron chi connectivity index (χ4n) is 2.65. The number of benzene rings is 2. The molecule has 118 valence electrons. The number of furan rings is 1. The van der Waals surface area contributed by atoms with E-state index in [1.54, 1.807) is 36.4 Å². The SMILES string of the molecule is O=C1Nc2ccc(Cl)cc2C1=Cc1ccc(-c2ccc(Cl)cc2)o1. The van der Waals surface area contributed by atoms with Gasteiger partial charge in [-0.3, -0.25) is 4.79 Å². The van der Waals surface area contributed by atoms with Crippen molar-refractivity contribution in [3.8, 4) is 11.3 Å². The quantitative estimate of drug-likeness (QED) is 0.595. The number of fused-ring (bicyclic) bond motifs is 1. The summed E-state index contributed by atoms with van der Waals surface area (Å²) in [7, 11) is 0. The van der Waals surface area contributed by atoms with Gasteiger partial charge in [-0.1, -0.05) is 23.2 Å². The number of anilines is 1. The Labute approximate surface area is 148 Å². The molecule has 0 saturated heterocycles. The van der Waals surface area contributed by atoms with Crippen molar-refractivity contribution >= 4 is 46.4 Å². The summed E-state index contributed by atoms with van der Waals surface area (Å²) in [5.41, 5.74) is 2.98. The molecule has 0 aliphatic carbocycles. The van der Waals surface area contributed by atoms with Gasteiger partial charge in [0.1, 0.15) is 11.5 Å². The Balaban J connectivity index is 1.71. The summed E-state index contributed by atoms with van der Waals surface area (Å²) in [6.07, 6.45) is 1.72. The van der Waals surface area contributed by atoms with Crippen LogP contribution in [0.25, 0.3) is 23.0 Å². The lowest BCUT2D eigenvalue weighted by Gasteiger charge is -1.99. The minimum atomic E-state index is -0.170. The highest BCUT2D eigenvalue weighted by atomic mass is 35.5. The van der Waals surface area contributed by atoms with E-state index in [1.807, 2.05) is 24.3 Å². The summed E-state index contributed by atoms with van der Waals surface area (Å²) in [6.45, 7) is 0. The Morgan fingerprint density at radius 1 is 0.917 bits per heavy atom. The van der Waals surface area contributed by atoms with E-state index >= 15 is 0 Å². The van der Waals surface area contributed by atoms with E-state index in [1.165, 1.54) is 0 Å². The molecule has 0 bridgehead atoms. The van der Waals surface area contributed by atoms with Crippen LogP contribution in [0.3, 0.4) is 0 Å². The summed E-state index contributed by atoms with van der Waals surface area (Å²) >= 11 is 11.9. The van der Waals surface area contributed by atoms with Gasteiger partial charge in [-0.25, -0.2) is 0 Å². The van der Waals surface area contributed by atoms with Crippen LogP contribution in [0.2, 0.25) is 10.0 Å². The lowest BCUT2D eigenvalue weighted by atomic mass is 10.1. The van der Waals surface area contributed by atoms with Crippen LogP contribution in [0, 0.1) is 0 Å². The molecule has 0 unspecified atom stereocenters. The van der Waals surface area contributed by atoms with Gasteiger partial charge in [-0.05, 0) is 60.7 Å². The Morgan fingerprint density at radius 3 is 2.46 bits per heavy atom. The molecule has 1 aliphatic heterocycles. The molecule has 3 aromatic rings. The second-order valence-corrected chi connectivity index (χ2v) is 6.28. The molecule has 2 heterocycles. The van der Waals surface area contributed by atoms with Crippen LogP contribution in [0.5, 0.6) is 0 Å². The molecule has 0 fully saturated rings. The number of carbonyl (C=O) groups is 1. The smallest absolute Gasteiger partial charge is 0.256 e. The van der Waals surface area contributed by atoms with Crippen molar-refractivity contribution in [1.82, 2.24) is 0 Å². The highest BCUT2D eigenvalue weighted by Gasteiger charge is 2.24. The van der Waals surface area contributed by atoms with Crippen molar-refractivity contribution in [3.05, 3.63) is 76.0 Å². The van der Waals surface area contributed by atoms with E-state index in [0.717, 1.165) is 16.8 Å². The molecular formula is C19H11Cl2NO2. The Morgan fingerprint density at radius 2 is 1.67 bits per heavy atom. The van der Waals surface area contributed by atoms with Crippen LogP contribution in [0.15, 0.2) is 59.0 Å². The first kappa shape index (κ1) is 15.1. The Bertz CT molecular complexity index is 971. The molecule has 0 radical (unpaired) electrons. The number of hydrogen-bond donors (Lipinski definition) is 1. The van der Waals surface area contributed by atoms with E-state index in [2.05, 4.69) is 5.32 Å². The summed E-state index contributed by atoms with van der Waals surface area (Å²) in [4.78, 5) is 12.2. The summed E-state index contributed by atoms with van der Waals surface area (Å²) in [5.74, 6) is 1.14. The van der Waals surface area contributed by atoms with E-state index < -0.39 is 0 Å². The number of carbonyl (C=O) groups excluding carboxylic acids is 1. The molecule has 4 rings (SSSR count). The maximum absolute atomic E-state index is 12.2. The van der Waals surface area contributed by atoms with E-state index in [9.17, 15) is 4.79 Å². The van der Waals surface area contributed by atoms with Crippen LogP contribution in [0.4, 0.5) is 5.69 Å². The average Bonchev–Trinajstić information content (AvgIpc) is 3.14. The van der Waals surface area contributed by atoms with Crippen LogP contribution in [0.1, 0.15) is 11.3 Å². The van der Waals surface area contributed by atoms with E-state index in [0.29, 0.717) is 27.1 Å². The minimum absolute atomic E-state index is 0.170. The molecule has 1 aliphatic rings. The minimum Gasteiger partial charge on any atom is -0.457 e. The first-order valence-corrected chi connectivity index (χ1v) is 8.04. The summed E-state index contributed by atoms with van der Waals surface area (Å²) in [5, 5.41) is 4.07. The van der Waals surface area contributed by atoms with Crippen molar-refractivity contribution in [1.29, 1.82) is 0 Å². The second kappa shape index (κ2) is 5.86. The van der Waals surface area contributed by atoms with Gasteiger partial charge in [0.15, 0.2) is 0 Å². The number of rotatable bonds is 2. The number of nitrogens with one attached hydrogen (secondary N) is 1. The monoisotopic (exact) mass is 355 g/mol. The molecule has 1 aromatic heterocycles. The third kappa shape index (κ3) is 2.73. The largest absolute Gasteiger partial charge is 0.457 e. The molecule has 5 heteroatoms. The van der Waals surface area contributed by atoms with Crippen molar-refractivity contribution in [2.45, 2.75) is 0 Å². The maximum Gasteiger partial charge on any atom is 0.256 e. The molecule has 0 atom stereocenters. The predicted octanol–water partition coefficient (Wildman–Crippen LogP) is 5.75. The zero-order valence-corrected chi connectivity index (χ0v) is 13.9. The van der Waals surface area contributed by atoms with Crippen LogP contribution in [-0.2, 0) is 4.79 Å². The third-order valence-corrected chi connectivity index (χ3v) is 4.29. The first-order chi connectivity index (χ1) is 11.6. The topological polar surface area (TPSA) is 42.2 Å². The van der Waals surface area contributed by atoms with Gasteiger partial charge < -0.3 is 9.73 Å². The van der Waals surface area contributed by atoms with Crippen LogP contribution < -0.4 is 5.32 Å². The third-order valence-electron chi connectivity index (χ3n) is 3.81. The van der Waals surface area contributed by atoms with Gasteiger partial charge in [0.2, 0.25) is 0 Å². The predicted molar refractivity (Wildman–Crippen MR) is 97.1 cm³/mol. The molecule has 2 aromatic carbocycles. The highest BCUT2D eigenvalue weighted by molar-refractivity contribution is 6.36. The van der Waals surface area contributed by atoms with Crippen molar-refractivity contribution in [3.63, 3.8) is 0 Å². The molecule has 1 N–H and O–H groups in total. The number of amides is 1. The van der Waals surface area contributed by atoms with Gasteiger partial charge in [-0.15, -0.1) is 0 Å². The zero-order valence-electron chi connectivity index (χ0n) is 12.3. The van der Waals surface area contributed by atoms with Crippen molar-refractivity contribution in [2.24, 2.45) is 0 Å². The second-order valence-electron chi connectivity index (χ2n) is 5.41. The van der Waals surface area contributed by atoms with Gasteiger partial charge in [0.25, 0.3) is 5.91 Å². The molecular weight excluding hydrogens is 345 g/mol. The number of hydrogen-bond acceptors (Lipinski definition) is 2. The standard InChI is InChI=1S/C19H11Cl2NO2/c20-12-3-1-11(2-4-12)18-8-6-14(24-18)10-16-15-9-13(21)5-7-17(15)22-19(16)23/h1-10H,(H,22,23). The first-order valence-electron chi connectivity index (χ1n) is 7.29. The van der Waals surface area contributed by atoms with Crippen LogP contribution >= 0.6 is 23.2 Å². The fraction of sp³-hybridized carbons (Fsp3) is 0. The Hall–Kier alpha value is -2.49. The molecule has 0 saturated carbocycles. The van der Waals surface area contributed by atoms with Crippen LogP contribution in [-0.4, -0.2) is 5.91 Å². The van der Waals surface area contributed by atoms with Crippen molar-refractivity contribution < 1.29 is 9.21 Å². The molecule has 1 amide bonds. The van der Waals surface area contributed by atoms with Gasteiger partial charge in [0.05, 0.1) is 5.57 Å². The summed E-state index contributed by atoms with van der Waals surface area (Å²) < 4.78 is 5.83. The lowest BCUT2D eigenvalue weighted by Crippen LogP contribution is -2.03. The Kier molecular flexibility index (Phi) is 3.68. The van der Waals surface area contributed by atoms with Crippen molar-refractivity contribution in [2.75, 3.05) is 5.32 Å². The number of halogens is 2. The van der Waals surface area contributed by atoms with Gasteiger partial charge in [0, 0.05) is 26.9 Å². The molecule has 0 spiro atoms. The summed E-state index contributed by atoms with van der Waals surface area (Å²) in [6, 6.07) is 16.4. The van der Waals surface area contributed by atoms with E-state index in [4.69, 9.17) is 27.6 Å². The fourth-order valence-corrected chi connectivity index (χ4v) is 2.94. The zero-order chi connectivity index (χ0) is 16.7. The lowest BCUT2D eigenvalue weighted by molar-refractivity contribution is -0.110. The molecule has 3 nitrogen and oxygen atoms in total. The normalized spacial score (nSPS) is 14.8. The highest BCUT2D eigenvalue weighted by Crippen LogP contribution is 2.35. The van der Waals surface area contributed by atoms with E-state index in [-0.39, 0.29) is 5.91 Å². The van der Waals surface area contributed by atoms with Gasteiger partial charge in [-0.2, -0.15) is 0 Å². The molecule has 24 heavy (non-hydrogen) atoms.